The van der Waals surface area contributed by atoms with Crippen LogP contribution in [0.2, 0.25) is 0 Å². The number of ether oxygens (including phenoxy) is 2. The summed E-state index contributed by atoms with van der Waals surface area (Å²) in [6, 6.07) is 7.99. The summed E-state index contributed by atoms with van der Waals surface area (Å²) in [6.45, 7) is 4.30. The highest BCUT2D eigenvalue weighted by molar-refractivity contribution is 9.11. The van der Waals surface area contributed by atoms with Crippen LogP contribution in [0.4, 0.5) is 0 Å². The normalized spacial score (nSPS) is 12.2. The third kappa shape index (κ3) is 11.2. The summed E-state index contributed by atoms with van der Waals surface area (Å²) in [6.07, 6.45) is 3.48. The van der Waals surface area contributed by atoms with Crippen molar-refractivity contribution in [3.8, 4) is 11.5 Å². The number of hydrogen-bond donors (Lipinski definition) is 1. The van der Waals surface area contributed by atoms with Gasteiger partial charge in [0.25, 0.3) is 0 Å². The Morgan fingerprint density at radius 3 is 1.68 bits per heavy atom. The monoisotopic (exact) mass is 810 g/mol. The number of hydrogen-bond acceptors (Lipinski definition) is 6. The first kappa shape index (κ1) is 35.5. The molecular formula is C29H42Br4N4O3. The summed E-state index contributed by atoms with van der Waals surface area (Å²) < 4.78 is 14.9. The van der Waals surface area contributed by atoms with E-state index in [1.807, 2.05) is 31.1 Å². The topological polar surface area (TPSA) is 57.3 Å². The molecule has 1 amide bonds. The van der Waals surface area contributed by atoms with Gasteiger partial charge in [-0.15, -0.1) is 0 Å². The average Bonchev–Trinajstić information content (AvgIpc) is 2.92. The molecule has 1 N–H and O–H groups in total. The van der Waals surface area contributed by atoms with Gasteiger partial charge >= 0.3 is 0 Å². The molecule has 0 fully saturated rings. The Morgan fingerprint density at radius 2 is 1.23 bits per heavy atom. The molecule has 224 valence electrons. The second-order valence-corrected chi connectivity index (χ2v) is 13.4. The van der Waals surface area contributed by atoms with Gasteiger partial charge in [0.1, 0.15) is 11.5 Å². The number of carbonyl (C=O) groups excluding carboxylic acids is 1. The van der Waals surface area contributed by atoms with Crippen LogP contribution in [0.3, 0.4) is 0 Å². The molecule has 40 heavy (non-hydrogen) atoms. The molecule has 1 atom stereocenters. The molecule has 0 radical (unpaired) electrons. The van der Waals surface area contributed by atoms with E-state index in [-0.39, 0.29) is 11.9 Å². The quantitative estimate of drug-likeness (QED) is 0.205. The molecule has 0 aliphatic rings. The maximum absolute atomic E-state index is 13.1. The van der Waals surface area contributed by atoms with Crippen LogP contribution >= 0.6 is 63.7 Å². The van der Waals surface area contributed by atoms with Gasteiger partial charge in [0.2, 0.25) is 5.91 Å². The van der Waals surface area contributed by atoms with Crippen molar-refractivity contribution in [1.29, 1.82) is 0 Å². The molecule has 0 spiro atoms. The molecule has 0 aliphatic carbocycles. The number of benzene rings is 2. The van der Waals surface area contributed by atoms with Crippen LogP contribution in [-0.2, 0) is 17.6 Å². The summed E-state index contributed by atoms with van der Waals surface area (Å²) >= 11 is 14.4. The third-order valence-electron chi connectivity index (χ3n) is 7.02. The number of halogens is 4. The first-order chi connectivity index (χ1) is 19.0. The summed E-state index contributed by atoms with van der Waals surface area (Å²) in [5, 5.41) is 3.22. The molecule has 0 unspecified atom stereocenters. The standard InChI is InChI=1S/C29H42Br4N4O3/c1-34-26(10-15-36(3)14-9-21-17-28(40-6)25(33)19-23(21)31)29(38)37(4)12-7-11-35(2)13-8-20-16-27(39-5)24(32)18-22(20)30/h16-19,26,34H,7-15H2,1-6H3/t26-/m0/s1. The lowest BCUT2D eigenvalue weighted by atomic mass is 10.1. The van der Waals surface area contributed by atoms with Gasteiger partial charge in [0.05, 0.1) is 29.2 Å². The fourth-order valence-corrected chi connectivity index (χ4v) is 7.09. The van der Waals surface area contributed by atoms with E-state index in [0.29, 0.717) is 0 Å². The molecule has 0 saturated carbocycles. The molecule has 2 aromatic carbocycles. The first-order valence-corrected chi connectivity index (χ1v) is 16.5. The predicted molar refractivity (Wildman–Crippen MR) is 179 cm³/mol. The number of amides is 1. The van der Waals surface area contributed by atoms with Crippen molar-refractivity contribution >= 4 is 69.6 Å². The molecule has 0 aromatic heterocycles. The van der Waals surface area contributed by atoms with Gasteiger partial charge in [-0.2, -0.15) is 0 Å². The highest BCUT2D eigenvalue weighted by Crippen LogP contribution is 2.32. The van der Waals surface area contributed by atoms with Crippen LogP contribution in [-0.4, -0.2) is 102 Å². The van der Waals surface area contributed by atoms with Crippen molar-refractivity contribution in [2.45, 2.75) is 31.7 Å². The summed E-state index contributed by atoms with van der Waals surface area (Å²) in [4.78, 5) is 19.5. The zero-order chi connectivity index (χ0) is 29.8. The minimum Gasteiger partial charge on any atom is -0.496 e. The van der Waals surface area contributed by atoms with Crippen molar-refractivity contribution in [2.75, 3.05) is 75.1 Å². The lowest BCUT2D eigenvalue weighted by Gasteiger charge is -2.26. The molecule has 0 saturated heterocycles. The van der Waals surface area contributed by atoms with E-state index in [0.717, 1.165) is 87.8 Å². The van der Waals surface area contributed by atoms with Crippen LogP contribution in [0.1, 0.15) is 24.0 Å². The van der Waals surface area contributed by atoms with Gasteiger partial charge in [-0.3, -0.25) is 4.79 Å². The van der Waals surface area contributed by atoms with Crippen LogP contribution in [0, 0.1) is 0 Å². The smallest absolute Gasteiger partial charge is 0.239 e. The maximum atomic E-state index is 13.1. The van der Waals surface area contributed by atoms with Crippen LogP contribution < -0.4 is 14.8 Å². The molecule has 0 heterocycles. The number of carbonyl (C=O) groups is 1. The summed E-state index contributed by atoms with van der Waals surface area (Å²) in [5.74, 6) is 1.81. The van der Waals surface area contributed by atoms with Gasteiger partial charge < -0.3 is 29.5 Å². The van der Waals surface area contributed by atoms with Crippen molar-refractivity contribution in [3.63, 3.8) is 0 Å². The van der Waals surface area contributed by atoms with Crippen molar-refractivity contribution in [1.82, 2.24) is 20.0 Å². The molecule has 2 rings (SSSR count). The Labute approximate surface area is 273 Å². The summed E-state index contributed by atoms with van der Waals surface area (Å²) in [5.41, 5.74) is 2.41. The Hall–Kier alpha value is -0.690. The average molecular weight is 814 g/mol. The number of methoxy groups -OCH3 is 2. The number of rotatable bonds is 17. The van der Waals surface area contributed by atoms with E-state index in [2.05, 4.69) is 105 Å². The van der Waals surface area contributed by atoms with Crippen LogP contribution in [0.25, 0.3) is 0 Å². The largest absolute Gasteiger partial charge is 0.496 e. The highest BCUT2D eigenvalue weighted by Gasteiger charge is 2.21. The van der Waals surface area contributed by atoms with Gasteiger partial charge in [0.15, 0.2) is 0 Å². The van der Waals surface area contributed by atoms with Crippen molar-refractivity contribution in [2.24, 2.45) is 0 Å². The van der Waals surface area contributed by atoms with Crippen LogP contribution in [0.15, 0.2) is 42.2 Å². The summed E-state index contributed by atoms with van der Waals surface area (Å²) in [7, 11) is 11.4. The SMILES string of the molecule is CN[C@@H](CCN(C)CCc1cc(OC)c(Br)cc1Br)C(=O)N(C)CCCN(C)CCc1cc(OC)c(Br)cc1Br. The molecule has 2 aromatic rings. The minimum absolute atomic E-state index is 0.143. The van der Waals surface area contributed by atoms with Crippen LogP contribution in [0.5, 0.6) is 11.5 Å². The number of nitrogens with zero attached hydrogens (tertiary/aromatic N) is 3. The van der Waals surface area contributed by atoms with Gasteiger partial charge in [0, 0.05) is 35.6 Å². The van der Waals surface area contributed by atoms with E-state index in [4.69, 9.17) is 9.47 Å². The second kappa shape index (κ2) is 18.1. The second-order valence-electron chi connectivity index (χ2n) is 10.0. The molecule has 0 aliphatic heterocycles. The van der Waals surface area contributed by atoms with Crippen molar-refractivity contribution < 1.29 is 14.3 Å². The van der Waals surface area contributed by atoms with E-state index in [9.17, 15) is 4.79 Å². The fraction of sp³-hybridized carbons (Fsp3) is 0.552. The van der Waals surface area contributed by atoms with E-state index in [1.54, 1.807) is 14.2 Å². The Bertz CT molecular complexity index is 1110. The van der Waals surface area contributed by atoms with E-state index < -0.39 is 0 Å². The molecule has 7 nitrogen and oxygen atoms in total. The Balaban J connectivity index is 1.74. The highest BCUT2D eigenvalue weighted by atomic mass is 79.9. The molecule has 0 bridgehead atoms. The Morgan fingerprint density at radius 1 is 0.750 bits per heavy atom. The molecule has 11 heteroatoms. The van der Waals surface area contributed by atoms with Gasteiger partial charge in [-0.1, -0.05) is 31.9 Å². The first-order valence-electron chi connectivity index (χ1n) is 13.3. The number of nitrogens with one attached hydrogen (secondary N) is 1. The molecular weight excluding hydrogens is 772 g/mol. The zero-order valence-corrected chi connectivity index (χ0v) is 30.7. The lowest BCUT2D eigenvalue weighted by Crippen LogP contribution is -2.45. The van der Waals surface area contributed by atoms with Gasteiger partial charge in [-0.25, -0.2) is 0 Å². The van der Waals surface area contributed by atoms with Gasteiger partial charge in [-0.05, 0) is 127 Å². The Kier molecular flexibility index (Phi) is 16.0. The third-order valence-corrected chi connectivity index (χ3v) is 9.74. The fourth-order valence-electron chi connectivity index (χ4n) is 4.38. The van der Waals surface area contributed by atoms with E-state index in [1.165, 1.54) is 11.1 Å². The lowest BCUT2D eigenvalue weighted by molar-refractivity contribution is -0.132. The zero-order valence-electron chi connectivity index (χ0n) is 24.3. The maximum Gasteiger partial charge on any atom is 0.239 e. The van der Waals surface area contributed by atoms with E-state index >= 15 is 0 Å². The van der Waals surface area contributed by atoms with Crippen molar-refractivity contribution in [3.05, 3.63) is 53.3 Å². The predicted octanol–water partition coefficient (Wildman–Crippen LogP) is 6.23. The minimum atomic E-state index is -0.200. The number of likely N-dealkylation sites (N-methyl/N-ethyl adjacent to an activating group) is 4.